The van der Waals surface area contributed by atoms with Crippen molar-refractivity contribution in [2.24, 2.45) is 5.92 Å². The summed E-state index contributed by atoms with van der Waals surface area (Å²) < 4.78 is 10.8. The van der Waals surface area contributed by atoms with Crippen LogP contribution in [0.5, 0.6) is 0 Å². The highest BCUT2D eigenvalue weighted by atomic mass is 16.6. The van der Waals surface area contributed by atoms with Crippen molar-refractivity contribution in [3.05, 3.63) is 0 Å². The third-order valence-corrected chi connectivity index (χ3v) is 3.73. The van der Waals surface area contributed by atoms with Crippen LogP contribution >= 0.6 is 0 Å². The Morgan fingerprint density at radius 1 is 1.27 bits per heavy atom. The topological polar surface area (TPSA) is 76.1 Å². The van der Waals surface area contributed by atoms with Crippen LogP contribution in [-0.2, 0) is 14.3 Å². The number of carboxylic acids is 1. The number of hydrogen-bond donors (Lipinski definition) is 1. The lowest BCUT2D eigenvalue weighted by molar-refractivity contribution is -0.145. The second kappa shape index (κ2) is 8.36. The standard InChI is InChI=1S/C16H29NO5/c1-5-17(15(20)22-16(2,3)4)13(14(18)19)11-21-10-12-8-6-7-9-12/h12-13H,5-11H2,1-4H3,(H,18,19)/t13-/m0/s1. The summed E-state index contributed by atoms with van der Waals surface area (Å²) in [5.41, 5.74) is -0.655. The van der Waals surface area contributed by atoms with E-state index in [2.05, 4.69) is 0 Å². The molecule has 6 heteroatoms. The van der Waals surface area contributed by atoms with Crippen molar-refractivity contribution in [2.75, 3.05) is 19.8 Å². The molecule has 0 aromatic rings. The lowest BCUT2D eigenvalue weighted by atomic mass is 10.1. The number of aliphatic carboxylic acids is 1. The van der Waals surface area contributed by atoms with Crippen LogP contribution in [0.1, 0.15) is 53.4 Å². The van der Waals surface area contributed by atoms with E-state index in [-0.39, 0.29) is 13.2 Å². The Morgan fingerprint density at radius 3 is 2.32 bits per heavy atom. The molecule has 1 atom stereocenters. The van der Waals surface area contributed by atoms with Gasteiger partial charge in [0.2, 0.25) is 0 Å². The minimum atomic E-state index is -1.07. The third-order valence-electron chi connectivity index (χ3n) is 3.73. The number of carboxylic acid groups (broad SMARTS) is 1. The van der Waals surface area contributed by atoms with Gasteiger partial charge in [-0.25, -0.2) is 9.59 Å². The fourth-order valence-corrected chi connectivity index (χ4v) is 2.62. The maximum absolute atomic E-state index is 12.1. The van der Waals surface area contributed by atoms with E-state index in [1.807, 2.05) is 0 Å². The molecule has 0 aliphatic heterocycles. The van der Waals surface area contributed by atoms with E-state index in [4.69, 9.17) is 9.47 Å². The summed E-state index contributed by atoms with van der Waals surface area (Å²) in [6.45, 7) is 7.82. The van der Waals surface area contributed by atoms with Crippen molar-refractivity contribution >= 4 is 12.1 Å². The van der Waals surface area contributed by atoms with Gasteiger partial charge >= 0.3 is 12.1 Å². The highest BCUT2D eigenvalue weighted by Gasteiger charge is 2.32. The summed E-state index contributed by atoms with van der Waals surface area (Å²) in [4.78, 5) is 24.8. The van der Waals surface area contributed by atoms with E-state index >= 15 is 0 Å². The molecule has 1 rings (SSSR count). The summed E-state index contributed by atoms with van der Waals surface area (Å²) >= 11 is 0. The minimum Gasteiger partial charge on any atom is -0.480 e. The zero-order valence-electron chi connectivity index (χ0n) is 14.1. The van der Waals surface area contributed by atoms with Gasteiger partial charge in [0.15, 0.2) is 6.04 Å². The molecule has 0 saturated heterocycles. The second-order valence-electron chi connectivity index (χ2n) is 6.81. The van der Waals surface area contributed by atoms with Crippen LogP contribution in [0.4, 0.5) is 4.79 Å². The zero-order valence-corrected chi connectivity index (χ0v) is 14.1. The van der Waals surface area contributed by atoms with Gasteiger partial charge in [-0.05, 0) is 46.5 Å². The Kier molecular flexibility index (Phi) is 7.13. The molecule has 0 spiro atoms. The summed E-state index contributed by atoms with van der Waals surface area (Å²) in [6, 6.07) is -1.01. The fraction of sp³-hybridized carbons (Fsp3) is 0.875. The Hall–Kier alpha value is -1.30. The van der Waals surface area contributed by atoms with Crippen molar-refractivity contribution in [1.82, 2.24) is 4.90 Å². The van der Waals surface area contributed by atoms with Crippen LogP contribution in [0.25, 0.3) is 0 Å². The van der Waals surface area contributed by atoms with Crippen LogP contribution in [0.2, 0.25) is 0 Å². The van der Waals surface area contributed by atoms with E-state index < -0.39 is 23.7 Å². The number of amides is 1. The van der Waals surface area contributed by atoms with Gasteiger partial charge in [0, 0.05) is 13.2 Å². The normalized spacial score (nSPS) is 17.3. The number of ether oxygens (including phenoxy) is 2. The maximum Gasteiger partial charge on any atom is 0.411 e. The molecule has 0 aromatic heterocycles. The van der Waals surface area contributed by atoms with Gasteiger partial charge in [-0.1, -0.05) is 12.8 Å². The predicted molar refractivity (Wildman–Crippen MR) is 82.8 cm³/mol. The van der Waals surface area contributed by atoms with Crippen LogP contribution in [-0.4, -0.2) is 53.5 Å². The molecule has 1 saturated carbocycles. The molecule has 0 heterocycles. The van der Waals surface area contributed by atoms with Gasteiger partial charge in [0.25, 0.3) is 0 Å². The van der Waals surface area contributed by atoms with Crippen LogP contribution in [0.3, 0.4) is 0 Å². The molecular weight excluding hydrogens is 286 g/mol. The summed E-state index contributed by atoms with van der Waals surface area (Å²) in [7, 11) is 0. The van der Waals surface area contributed by atoms with Gasteiger partial charge in [0.1, 0.15) is 5.60 Å². The maximum atomic E-state index is 12.1. The molecule has 1 N–H and O–H groups in total. The van der Waals surface area contributed by atoms with Gasteiger partial charge < -0.3 is 14.6 Å². The highest BCUT2D eigenvalue weighted by Crippen LogP contribution is 2.24. The number of likely N-dealkylation sites (N-methyl/N-ethyl adjacent to an activating group) is 1. The SMILES string of the molecule is CCN(C(=O)OC(C)(C)C)[C@@H](COCC1CCCC1)C(=O)O. The van der Waals surface area contributed by atoms with Gasteiger partial charge in [-0.3, -0.25) is 4.90 Å². The van der Waals surface area contributed by atoms with E-state index in [1.165, 1.54) is 17.7 Å². The predicted octanol–water partition coefficient (Wildman–Crippen LogP) is 2.90. The molecule has 0 aromatic carbocycles. The first-order valence-electron chi connectivity index (χ1n) is 8.04. The number of nitrogens with zero attached hydrogens (tertiary/aromatic N) is 1. The number of carbonyl (C=O) groups is 2. The van der Waals surface area contributed by atoms with Crippen LogP contribution in [0.15, 0.2) is 0 Å². The smallest absolute Gasteiger partial charge is 0.411 e. The van der Waals surface area contributed by atoms with Gasteiger partial charge in [-0.15, -0.1) is 0 Å². The van der Waals surface area contributed by atoms with Crippen molar-refractivity contribution in [1.29, 1.82) is 0 Å². The van der Waals surface area contributed by atoms with E-state index in [0.29, 0.717) is 12.5 Å². The van der Waals surface area contributed by atoms with Crippen molar-refractivity contribution in [3.8, 4) is 0 Å². The second-order valence-corrected chi connectivity index (χ2v) is 6.81. The minimum absolute atomic E-state index is 0.00108. The molecule has 0 bridgehead atoms. The largest absolute Gasteiger partial charge is 0.480 e. The first-order valence-corrected chi connectivity index (χ1v) is 8.04. The molecule has 0 radical (unpaired) electrons. The molecule has 1 amide bonds. The number of rotatable bonds is 7. The average molecular weight is 315 g/mol. The number of carbonyl (C=O) groups excluding carboxylic acids is 1. The molecule has 6 nitrogen and oxygen atoms in total. The molecular formula is C16H29NO5. The average Bonchev–Trinajstić information content (AvgIpc) is 2.88. The lowest BCUT2D eigenvalue weighted by Gasteiger charge is -2.30. The molecule has 128 valence electrons. The molecule has 0 unspecified atom stereocenters. The monoisotopic (exact) mass is 315 g/mol. The molecule has 1 aliphatic rings. The zero-order chi connectivity index (χ0) is 16.8. The number of hydrogen-bond acceptors (Lipinski definition) is 4. The van der Waals surface area contributed by atoms with Crippen LogP contribution < -0.4 is 0 Å². The van der Waals surface area contributed by atoms with Crippen molar-refractivity contribution in [3.63, 3.8) is 0 Å². The quantitative estimate of drug-likeness (QED) is 0.781. The Morgan fingerprint density at radius 2 is 1.86 bits per heavy atom. The highest BCUT2D eigenvalue weighted by molar-refractivity contribution is 5.80. The molecule has 1 aliphatic carbocycles. The van der Waals surface area contributed by atoms with Crippen molar-refractivity contribution in [2.45, 2.75) is 65.0 Å². The van der Waals surface area contributed by atoms with E-state index in [9.17, 15) is 14.7 Å². The Labute approximate surface area is 132 Å². The fourth-order valence-electron chi connectivity index (χ4n) is 2.62. The summed E-state index contributed by atoms with van der Waals surface area (Å²) in [5, 5.41) is 9.38. The summed E-state index contributed by atoms with van der Waals surface area (Å²) in [5.74, 6) is -0.551. The first-order chi connectivity index (χ1) is 10.2. The summed E-state index contributed by atoms with van der Waals surface area (Å²) in [6.07, 6.45) is 4.10. The lowest BCUT2D eigenvalue weighted by Crippen LogP contribution is -2.49. The molecule has 1 fully saturated rings. The Balaban J connectivity index is 2.57. The van der Waals surface area contributed by atoms with Crippen molar-refractivity contribution < 1.29 is 24.2 Å². The molecule has 22 heavy (non-hydrogen) atoms. The van der Waals surface area contributed by atoms with E-state index in [1.54, 1.807) is 27.7 Å². The van der Waals surface area contributed by atoms with Gasteiger partial charge in [0.05, 0.1) is 6.61 Å². The Bertz CT molecular complexity index is 371. The third kappa shape index (κ3) is 6.22. The first kappa shape index (κ1) is 18.7. The van der Waals surface area contributed by atoms with Gasteiger partial charge in [-0.2, -0.15) is 0 Å². The van der Waals surface area contributed by atoms with Crippen LogP contribution in [0, 0.1) is 5.92 Å². The van der Waals surface area contributed by atoms with E-state index in [0.717, 1.165) is 12.8 Å².